The lowest BCUT2D eigenvalue weighted by Crippen LogP contribution is -1.81. The van der Waals surface area contributed by atoms with E-state index in [1.165, 1.54) is 12.5 Å². The zero-order valence-electron chi connectivity index (χ0n) is 10.3. The second-order valence-electron chi connectivity index (χ2n) is 2.96. The van der Waals surface area contributed by atoms with Gasteiger partial charge < -0.3 is 0 Å². The Kier molecular flexibility index (Phi) is 11.4. The van der Waals surface area contributed by atoms with Crippen molar-refractivity contribution in [1.82, 2.24) is 0 Å². The van der Waals surface area contributed by atoms with E-state index in [-0.39, 0.29) is 5.82 Å². The maximum Gasteiger partial charge on any atom is 0.126 e. The van der Waals surface area contributed by atoms with E-state index in [2.05, 4.69) is 13.8 Å². The highest BCUT2D eigenvalue weighted by molar-refractivity contribution is 5.21. The zero-order chi connectivity index (χ0) is 11.6. The molecule has 0 spiro atoms. The van der Waals surface area contributed by atoms with Gasteiger partial charge in [-0.3, -0.25) is 0 Å². The molecular formula is C13H23F. The summed E-state index contributed by atoms with van der Waals surface area (Å²) in [6.07, 6.45) is 1.25. The highest BCUT2D eigenvalue weighted by atomic mass is 19.1. The Hall–Kier alpha value is -0.850. The minimum atomic E-state index is -0.116. The van der Waals surface area contributed by atoms with E-state index >= 15 is 0 Å². The fourth-order valence-electron chi connectivity index (χ4n) is 0.698. The molecule has 0 saturated carbocycles. The number of rotatable bonds is 0. The molecule has 1 aromatic carbocycles. The first-order valence-corrected chi connectivity index (χ1v) is 5.34. The van der Waals surface area contributed by atoms with Crippen LogP contribution in [0.1, 0.15) is 45.2 Å². The number of hydrogen-bond donors (Lipinski definition) is 0. The zero-order valence-corrected chi connectivity index (χ0v) is 10.3. The number of halogens is 1. The molecule has 0 aliphatic carbocycles. The molecule has 0 aliphatic heterocycles. The van der Waals surface area contributed by atoms with Crippen LogP contribution in [0.3, 0.4) is 0 Å². The maximum atomic E-state index is 12.6. The predicted octanol–water partition coefficient (Wildman–Crippen LogP) is 4.89. The van der Waals surface area contributed by atoms with Crippen molar-refractivity contribution in [3.8, 4) is 0 Å². The summed E-state index contributed by atoms with van der Waals surface area (Å²) in [5, 5.41) is 0. The van der Waals surface area contributed by atoms with Crippen LogP contribution in [0.2, 0.25) is 0 Å². The van der Waals surface area contributed by atoms with Crippen LogP contribution in [0.25, 0.3) is 0 Å². The van der Waals surface area contributed by atoms with Gasteiger partial charge in [0.2, 0.25) is 0 Å². The van der Waals surface area contributed by atoms with Crippen LogP contribution < -0.4 is 0 Å². The van der Waals surface area contributed by atoms with Crippen molar-refractivity contribution in [1.29, 1.82) is 0 Å². The van der Waals surface area contributed by atoms with E-state index in [0.29, 0.717) is 5.56 Å². The van der Waals surface area contributed by atoms with E-state index in [1.807, 2.05) is 26.8 Å². The van der Waals surface area contributed by atoms with Crippen LogP contribution in [-0.4, -0.2) is 0 Å². The molecule has 1 aromatic rings. The molecule has 0 heterocycles. The fourth-order valence-corrected chi connectivity index (χ4v) is 0.698. The van der Waals surface area contributed by atoms with Crippen LogP contribution in [0.15, 0.2) is 18.2 Å². The molecule has 0 nitrogen and oxygen atoms in total. The lowest BCUT2D eigenvalue weighted by Gasteiger charge is -1.94. The van der Waals surface area contributed by atoms with Gasteiger partial charge in [-0.15, -0.1) is 0 Å². The van der Waals surface area contributed by atoms with Crippen LogP contribution in [0, 0.1) is 19.7 Å². The molecule has 1 rings (SSSR count). The molecule has 14 heavy (non-hydrogen) atoms. The molecular weight excluding hydrogens is 175 g/mol. The molecule has 0 fully saturated rings. The van der Waals surface area contributed by atoms with Crippen LogP contribution in [-0.2, 0) is 0 Å². The Morgan fingerprint density at radius 1 is 1.07 bits per heavy atom. The average Bonchev–Trinajstić information content (AvgIpc) is 2.17. The third-order valence-electron chi connectivity index (χ3n) is 1.33. The van der Waals surface area contributed by atoms with Crippen molar-refractivity contribution in [3.05, 3.63) is 35.1 Å². The minimum Gasteiger partial charge on any atom is -0.207 e. The van der Waals surface area contributed by atoms with Gasteiger partial charge in [0.15, 0.2) is 0 Å². The average molecular weight is 198 g/mol. The summed E-state index contributed by atoms with van der Waals surface area (Å²) in [4.78, 5) is 0. The Bertz CT molecular complexity index is 229. The maximum absolute atomic E-state index is 12.6. The normalized spacial score (nSPS) is 7.93. The van der Waals surface area contributed by atoms with Crippen molar-refractivity contribution in [2.75, 3.05) is 0 Å². The monoisotopic (exact) mass is 198 g/mol. The van der Waals surface area contributed by atoms with E-state index in [1.54, 1.807) is 13.0 Å². The standard InChI is InChI=1S/C8H9F.C3H8.C2H6/c1-6-3-4-7(2)8(9)5-6;1-3-2;1-2/h3-5H,1-2H3;3H2,1-2H3;1-2H3. The molecule has 0 N–H and O–H groups in total. The summed E-state index contributed by atoms with van der Waals surface area (Å²) in [7, 11) is 0. The summed E-state index contributed by atoms with van der Waals surface area (Å²) in [5.74, 6) is -0.116. The topological polar surface area (TPSA) is 0 Å². The quantitative estimate of drug-likeness (QED) is 0.557. The van der Waals surface area contributed by atoms with Gasteiger partial charge in [-0.1, -0.05) is 46.2 Å². The highest BCUT2D eigenvalue weighted by Crippen LogP contribution is 2.06. The molecule has 0 unspecified atom stereocenters. The first-order chi connectivity index (χ1) is 6.61. The van der Waals surface area contributed by atoms with Gasteiger partial charge in [0.25, 0.3) is 0 Å². The Morgan fingerprint density at radius 3 is 1.79 bits per heavy atom. The number of hydrogen-bond acceptors (Lipinski definition) is 0. The van der Waals surface area contributed by atoms with Gasteiger partial charge in [0.1, 0.15) is 5.82 Å². The molecule has 0 amide bonds. The molecule has 82 valence electrons. The Balaban J connectivity index is 0. The first-order valence-electron chi connectivity index (χ1n) is 5.34. The SMILES string of the molecule is CC.CCC.Cc1ccc(C)c(F)c1. The van der Waals surface area contributed by atoms with E-state index in [4.69, 9.17) is 0 Å². The van der Waals surface area contributed by atoms with E-state index in [9.17, 15) is 4.39 Å². The summed E-state index contributed by atoms with van der Waals surface area (Å²) in [6, 6.07) is 5.22. The molecule has 1 heteroatoms. The lowest BCUT2D eigenvalue weighted by atomic mass is 10.2. The van der Waals surface area contributed by atoms with Gasteiger partial charge in [-0.05, 0) is 31.0 Å². The number of benzene rings is 1. The van der Waals surface area contributed by atoms with Crippen molar-refractivity contribution in [2.45, 2.75) is 48.0 Å². The Labute approximate surface area is 88.2 Å². The summed E-state index contributed by atoms with van der Waals surface area (Å²) in [6.45, 7) is 11.9. The molecule has 0 bridgehead atoms. The van der Waals surface area contributed by atoms with Crippen molar-refractivity contribution in [3.63, 3.8) is 0 Å². The molecule has 0 aliphatic rings. The highest BCUT2D eigenvalue weighted by Gasteiger charge is 1.93. The third-order valence-corrected chi connectivity index (χ3v) is 1.33. The fraction of sp³-hybridized carbons (Fsp3) is 0.538. The molecule has 0 saturated heterocycles. The molecule has 0 aromatic heterocycles. The lowest BCUT2D eigenvalue weighted by molar-refractivity contribution is 0.617. The van der Waals surface area contributed by atoms with Gasteiger partial charge in [0, 0.05) is 0 Å². The predicted molar refractivity (Wildman–Crippen MR) is 63.2 cm³/mol. The van der Waals surface area contributed by atoms with Crippen molar-refractivity contribution < 1.29 is 4.39 Å². The van der Waals surface area contributed by atoms with Crippen LogP contribution in [0.4, 0.5) is 4.39 Å². The van der Waals surface area contributed by atoms with Gasteiger partial charge in [-0.2, -0.15) is 0 Å². The summed E-state index contributed by atoms with van der Waals surface area (Å²) in [5.41, 5.74) is 1.68. The second kappa shape index (κ2) is 10.2. The van der Waals surface area contributed by atoms with Crippen LogP contribution in [0.5, 0.6) is 0 Å². The van der Waals surface area contributed by atoms with Gasteiger partial charge in [0.05, 0.1) is 0 Å². The smallest absolute Gasteiger partial charge is 0.126 e. The first kappa shape index (κ1) is 15.6. The Morgan fingerprint density at radius 2 is 1.50 bits per heavy atom. The van der Waals surface area contributed by atoms with Crippen LogP contribution >= 0.6 is 0 Å². The minimum absolute atomic E-state index is 0.116. The third kappa shape index (κ3) is 7.78. The molecule has 0 atom stereocenters. The summed E-state index contributed by atoms with van der Waals surface area (Å²) >= 11 is 0. The van der Waals surface area contributed by atoms with Crippen molar-refractivity contribution in [2.24, 2.45) is 0 Å². The second-order valence-corrected chi connectivity index (χ2v) is 2.96. The molecule has 0 radical (unpaired) electrons. The van der Waals surface area contributed by atoms with E-state index in [0.717, 1.165) is 5.56 Å². The van der Waals surface area contributed by atoms with Crippen molar-refractivity contribution >= 4 is 0 Å². The summed E-state index contributed by atoms with van der Waals surface area (Å²) < 4.78 is 12.6. The largest absolute Gasteiger partial charge is 0.207 e. The van der Waals surface area contributed by atoms with Gasteiger partial charge in [-0.25, -0.2) is 4.39 Å². The number of aryl methyl sites for hydroxylation is 2. The van der Waals surface area contributed by atoms with E-state index < -0.39 is 0 Å². The van der Waals surface area contributed by atoms with Gasteiger partial charge >= 0.3 is 0 Å².